The normalized spacial score (nSPS) is 15.1. The summed E-state index contributed by atoms with van der Waals surface area (Å²) in [6.45, 7) is 2.09. The van der Waals surface area contributed by atoms with Crippen LogP contribution < -0.4 is 9.46 Å². The summed E-state index contributed by atoms with van der Waals surface area (Å²) in [4.78, 5) is 5.88. The molecule has 4 rings (SSSR count). The van der Waals surface area contributed by atoms with Gasteiger partial charge in [-0.3, -0.25) is 4.72 Å². The maximum atomic E-state index is 13.0. The number of benzene rings is 2. The first kappa shape index (κ1) is 22.7. The molecule has 0 bridgehead atoms. The van der Waals surface area contributed by atoms with Gasteiger partial charge in [0.1, 0.15) is 29.2 Å². The van der Waals surface area contributed by atoms with Crippen LogP contribution in [0, 0.1) is 17.1 Å². The first-order valence-corrected chi connectivity index (χ1v) is 12.0. The topological polar surface area (TPSA) is 95.3 Å². The molecule has 2 aromatic carbocycles. The lowest BCUT2D eigenvalue weighted by atomic mass is 9.89. The molecular weight excluding hydrogens is 443 g/mol. The molecule has 1 saturated heterocycles. The number of rotatable bonds is 6. The van der Waals surface area contributed by atoms with E-state index >= 15 is 0 Å². The smallest absolute Gasteiger partial charge is 0.263 e. The molecule has 0 aliphatic carbocycles. The van der Waals surface area contributed by atoms with Gasteiger partial charge in [0.05, 0.1) is 16.7 Å². The van der Waals surface area contributed by atoms with Crippen LogP contribution in [0.5, 0.6) is 11.5 Å². The maximum absolute atomic E-state index is 13.0. The van der Waals surface area contributed by atoms with E-state index in [0.717, 1.165) is 38.2 Å². The van der Waals surface area contributed by atoms with Gasteiger partial charge >= 0.3 is 0 Å². The SMILES string of the molecule is CN1CCC(c2cccc(Oc3ccc(S(=O)(=O)Nc4ccc(F)cn4)cc3C#N)c2)CC1. The fourth-order valence-electron chi connectivity index (χ4n) is 3.79. The van der Waals surface area contributed by atoms with Crippen LogP contribution in [-0.2, 0) is 10.0 Å². The van der Waals surface area contributed by atoms with Crippen LogP contribution in [0.3, 0.4) is 0 Å². The summed E-state index contributed by atoms with van der Waals surface area (Å²) in [6.07, 6.45) is 3.06. The number of sulfonamides is 1. The van der Waals surface area contributed by atoms with Crippen LogP contribution in [0.2, 0.25) is 0 Å². The molecule has 170 valence electrons. The monoisotopic (exact) mass is 466 g/mol. The van der Waals surface area contributed by atoms with Gasteiger partial charge in [0, 0.05) is 0 Å². The minimum atomic E-state index is -4.02. The minimum Gasteiger partial charge on any atom is -0.456 e. The van der Waals surface area contributed by atoms with Crippen LogP contribution in [0.15, 0.2) is 65.7 Å². The lowest BCUT2D eigenvalue weighted by Gasteiger charge is -2.29. The van der Waals surface area contributed by atoms with E-state index < -0.39 is 15.8 Å². The molecule has 1 fully saturated rings. The van der Waals surface area contributed by atoms with E-state index in [1.807, 2.05) is 24.3 Å². The fourth-order valence-corrected chi connectivity index (χ4v) is 4.82. The molecular formula is C24H23FN4O3S. The molecule has 1 aliphatic rings. The van der Waals surface area contributed by atoms with Crippen molar-refractivity contribution in [3.63, 3.8) is 0 Å². The Hall–Kier alpha value is -3.48. The predicted octanol–water partition coefficient (Wildman–Crippen LogP) is 4.49. The number of ether oxygens (including phenoxy) is 1. The third-order valence-corrected chi connectivity index (χ3v) is 6.98. The lowest BCUT2D eigenvalue weighted by Crippen LogP contribution is -2.29. The van der Waals surface area contributed by atoms with Crippen LogP contribution >= 0.6 is 0 Å². The van der Waals surface area contributed by atoms with Gasteiger partial charge < -0.3 is 9.64 Å². The summed E-state index contributed by atoms with van der Waals surface area (Å²) in [6, 6.07) is 16.1. The first-order chi connectivity index (χ1) is 15.8. The summed E-state index contributed by atoms with van der Waals surface area (Å²) in [5.74, 6) is 0.704. The van der Waals surface area contributed by atoms with Gasteiger partial charge in [-0.15, -0.1) is 0 Å². The van der Waals surface area contributed by atoms with Crippen molar-refractivity contribution in [3.8, 4) is 17.6 Å². The Morgan fingerprint density at radius 3 is 2.64 bits per heavy atom. The minimum absolute atomic E-state index is 0.0269. The van der Waals surface area contributed by atoms with E-state index in [4.69, 9.17) is 4.74 Å². The Bertz CT molecular complexity index is 1280. The second-order valence-corrected chi connectivity index (χ2v) is 9.67. The molecule has 9 heteroatoms. The molecule has 1 aliphatic heterocycles. The van der Waals surface area contributed by atoms with E-state index in [-0.39, 0.29) is 22.0 Å². The van der Waals surface area contributed by atoms with Crippen LogP contribution in [0.25, 0.3) is 0 Å². The Morgan fingerprint density at radius 1 is 1.15 bits per heavy atom. The summed E-state index contributed by atoms with van der Waals surface area (Å²) < 4.78 is 46.6. The number of nitrogens with zero attached hydrogens (tertiary/aromatic N) is 3. The number of hydrogen-bond acceptors (Lipinski definition) is 6. The van der Waals surface area contributed by atoms with E-state index in [9.17, 15) is 18.1 Å². The van der Waals surface area contributed by atoms with Gasteiger partial charge in [0.25, 0.3) is 10.0 Å². The number of likely N-dealkylation sites (tertiary alicyclic amines) is 1. The number of aromatic nitrogens is 1. The van der Waals surface area contributed by atoms with Gasteiger partial charge in [-0.25, -0.2) is 17.8 Å². The summed E-state index contributed by atoms with van der Waals surface area (Å²) in [5, 5.41) is 9.59. The standard InChI is InChI=1S/C24H23FN4O3S/c1-29-11-9-17(10-12-29)18-3-2-4-21(13-18)32-23-7-6-22(14-19(23)15-26)33(30,31)28-24-8-5-20(25)16-27-24/h2-8,13-14,16-17H,9-12H2,1H3,(H,27,28). The highest BCUT2D eigenvalue weighted by Crippen LogP contribution is 2.33. The van der Waals surface area contributed by atoms with Crippen molar-refractivity contribution in [2.45, 2.75) is 23.7 Å². The molecule has 0 saturated carbocycles. The van der Waals surface area contributed by atoms with Crippen LogP contribution in [0.4, 0.5) is 10.2 Å². The molecule has 33 heavy (non-hydrogen) atoms. The molecule has 0 unspecified atom stereocenters. The van der Waals surface area contributed by atoms with Crippen molar-refractivity contribution in [1.29, 1.82) is 5.26 Å². The number of nitrogens with one attached hydrogen (secondary N) is 1. The highest BCUT2D eigenvalue weighted by Gasteiger charge is 2.20. The fraction of sp³-hybridized carbons (Fsp3) is 0.250. The summed E-state index contributed by atoms with van der Waals surface area (Å²) >= 11 is 0. The highest BCUT2D eigenvalue weighted by molar-refractivity contribution is 7.92. The van der Waals surface area contributed by atoms with Gasteiger partial charge in [-0.05, 0) is 86.9 Å². The lowest BCUT2D eigenvalue weighted by molar-refractivity contribution is 0.255. The zero-order chi connectivity index (χ0) is 23.4. The molecule has 2 heterocycles. The number of anilines is 1. The zero-order valence-corrected chi connectivity index (χ0v) is 18.8. The van der Waals surface area contributed by atoms with Crippen LogP contribution in [0.1, 0.15) is 29.9 Å². The Morgan fingerprint density at radius 2 is 1.94 bits per heavy atom. The van der Waals surface area contributed by atoms with Crippen molar-refractivity contribution >= 4 is 15.8 Å². The number of halogens is 1. The molecule has 1 N–H and O–H groups in total. The average molecular weight is 467 g/mol. The van der Waals surface area contributed by atoms with Crippen molar-refractivity contribution in [2.24, 2.45) is 0 Å². The van der Waals surface area contributed by atoms with Gasteiger partial charge in [0.15, 0.2) is 0 Å². The van der Waals surface area contributed by atoms with Crippen molar-refractivity contribution < 1.29 is 17.5 Å². The first-order valence-electron chi connectivity index (χ1n) is 10.5. The number of pyridine rings is 1. The molecule has 0 spiro atoms. The van der Waals surface area contributed by atoms with E-state index in [2.05, 4.69) is 27.7 Å². The Labute approximate surface area is 192 Å². The van der Waals surface area contributed by atoms with Crippen molar-refractivity contribution in [3.05, 3.63) is 77.7 Å². The Balaban J connectivity index is 1.53. The second kappa shape index (κ2) is 9.57. The molecule has 7 nitrogen and oxygen atoms in total. The molecule has 3 aromatic rings. The van der Waals surface area contributed by atoms with Gasteiger partial charge in [-0.2, -0.15) is 5.26 Å². The quantitative estimate of drug-likeness (QED) is 0.575. The predicted molar refractivity (Wildman–Crippen MR) is 122 cm³/mol. The Kier molecular flexibility index (Phi) is 6.58. The second-order valence-electron chi connectivity index (χ2n) is 7.99. The zero-order valence-electron chi connectivity index (χ0n) is 18.0. The van der Waals surface area contributed by atoms with Gasteiger partial charge in [0.2, 0.25) is 0 Å². The molecule has 0 atom stereocenters. The van der Waals surface area contributed by atoms with E-state index in [1.165, 1.54) is 29.8 Å². The molecule has 0 radical (unpaired) electrons. The van der Waals surface area contributed by atoms with E-state index in [1.54, 1.807) is 0 Å². The summed E-state index contributed by atoms with van der Waals surface area (Å²) in [7, 11) is -1.90. The van der Waals surface area contributed by atoms with Gasteiger partial charge in [-0.1, -0.05) is 12.1 Å². The molecule has 1 aromatic heterocycles. The van der Waals surface area contributed by atoms with Crippen LogP contribution in [-0.4, -0.2) is 38.4 Å². The molecule has 0 amide bonds. The van der Waals surface area contributed by atoms with Crippen molar-refractivity contribution in [1.82, 2.24) is 9.88 Å². The largest absolute Gasteiger partial charge is 0.456 e. The maximum Gasteiger partial charge on any atom is 0.263 e. The average Bonchev–Trinajstić information content (AvgIpc) is 2.81. The third kappa shape index (κ3) is 5.48. The number of nitriles is 1. The van der Waals surface area contributed by atoms with E-state index in [0.29, 0.717) is 11.7 Å². The number of hydrogen-bond donors (Lipinski definition) is 1. The summed E-state index contributed by atoms with van der Waals surface area (Å²) in [5.41, 5.74) is 1.27. The van der Waals surface area contributed by atoms with Crippen molar-refractivity contribution in [2.75, 3.05) is 24.9 Å². The number of piperidine rings is 1. The highest BCUT2D eigenvalue weighted by atomic mass is 32.2. The third-order valence-electron chi connectivity index (χ3n) is 5.62.